The van der Waals surface area contributed by atoms with E-state index in [1.165, 1.54) is 0 Å². The molecular weight excluding hydrogens is 489 g/mol. The molecule has 4 aromatic carbocycles. The number of aromatic nitrogens is 1. The van der Waals surface area contributed by atoms with Crippen LogP contribution in [0.15, 0.2) is 77.2 Å². The van der Waals surface area contributed by atoms with E-state index in [-0.39, 0.29) is 11.0 Å². The van der Waals surface area contributed by atoms with E-state index in [9.17, 15) is 4.79 Å². The lowest BCUT2D eigenvalue weighted by Crippen LogP contribution is -2.34. The Morgan fingerprint density at radius 1 is 0.941 bits per heavy atom. The van der Waals surface area contributed by atoms with Crippen molar-refractivity contribution in [2.75, 3.05) is 5.32 Å². The third-order valence-electron chi connectivity index (χ3n) is 5.40. The number of nitrogens with zero attached hydrogens (tertiary/aromatic N) is 1. The van der Waals surface area contributed by atoms with E-state index in [4.69, 9.17) is 39.8 Å². The molecule has 0 aliphatic rings. The van der Waals surface area contributed by atoms with Gasteiger partial charge in [0, 0.05) is 32.2 Å². The number of thiocarbonyl (C=S) groups is 1. The molecule has 1 amide bonds. The average Bonchev–Trinajstić information content (AvgIpc) is 3.24. The molecule has 5 rings (SSSR count). The van der Waals surface area contributed by atoms with Gasteiger partial charge in [-0.05, 0) is 72.6 Å². The van der Waals surface area contributed by atoms with E-state index in [1.54, 1.807) is 36.4 Å². The maximum absolute atomic E-state index is 12.9. The number of fused-ring (bicyclic) bond motifs is 2. The molecule has 1 heterocycles. The zero-order chi connectivity index (χ0) is 23.8. The minimum absolute atomic E-state index is 0.164. The molecule has 0 saturated carbocycles. The monoisotopic (exact) mass is 505 g/mol. The number of carbonyl (C=O) groups is 1. The summed E-state index contributed by atoms with van der Waals surface area (Å²) >= 11 is 17.9. The van der Waals surface area contributed by atoms with Crippen LogP contribution in [0.5, 0.6) is 0 Å². The van der Waals surface area contributed by atoms with Crippen molar-refractivity contribution in [2.45, 2.75) is 6.92 Å². The summed E-state index contributed by atoms with van der Waals surface area (Å²) in [6.45, 7) is 1.94. The molecule has 0 atom stereocenters. The number of halogens is 2. The van der Waals surface area contributed by atoms with E-state index in [2.05, 4.69) is 15.6 Å². The molecule has 0 radical (unpaired) electrons. The lowest BCUT2D eigenvalue weighted by atomic mass is 10.0. The van der Waals surface area contributed by atoms with Gasteiger partial charge in [-0.3, -0.25) is 10.1 Å². The van der Waals surface area contributed by atoms with Gasteiger partial charge in [0.15, 0.2) is 10.7 Å². The zero-order valence-corrected chi connectivity index (χ0v) is 20.2. The molecule has 0 unspecified atom stereocenters. The number of rotatable bonds is 3. The molecule has 5 aromatic rings. The van der Waals surface area contributed by atoms with Gasteiger partial charge in [0.1, 0.15) is 5.52 Å². The van der Waals surface area contributed by atoms with Crippen LogP contribution in [0.3, 0.4) is 0 Å². The Bertz CT molecular complexity index is 1600. The van der Waals surface area contributed by atoms with Crippen molar-refractivity contribution in [1.82, 2.24) is 10.3 Å². The summed E-state index contributed by atoms with van der Waals surface area (Å²) < 4.78 is 5.87. The topological polar surface area (TPSA) is 67.2 Å². The first-order chi connectivity index (χ1) is 16.4. The molecular formula is C26H17Cl2N3O2S. The molecule has 1 aromatic heterocycles. The van der Waals surface area contributed by atoms with Gasteiger partial charge in [-0.1, -0.05) is 53.5 Å². The number of carbonyl (C=O) groups excluding carboxylic acids is 1. The van der Waals surface area contributed by atoms with E-state index in [0.29, 0.717) is 38.3 Å². The normalized spacial score (nSPS) is 11.0. The summed E-state index contributed by atoms with van der Waals surface area (Å²) in [6.07, 6.45) is 0. The summed E-state index contributed by atoms with van der Waals surface area (Å²) in [5, 5.41) is 8.71. The Morgan fingerprint density at radius 2 is 1.74 bits per heavy atom. The smallest absolute Gasteiger partial charge is 0.258 e. The van der Waals surface area contributed by atoms with Crippen LogP contribution in [0.4, 0.5) is 5.69 Å². The summed E-state index contributed by atoms with van der Waals surface area (Å²) in [7, 11) is 0. The van der Waals surface area contributed by atoms with Crippen LogP contribution in [0, 0.1) is 6.92 Å². The fourth-order valence-corrected chi connectivity index (χ4v) is 4.29. The Labute approximate surface area is 210 Å². The first-order valence-corrected chi connectivity index (χ1v) is 11.5. The third kappa shape index (κ3) is 4.35. The van der Waals surface area contributed by atoms with Gasteiger partial charge in [-0.2, -0.15) is 0 Å². The Morgan fingerprint density at radius 3 is 2.56 bits per heavy atom. The van der Waals surface area contributed by atoms with Crippen molar-refractivity contribution in [2.24, 2.45) is 0 Å². The lowest BCUT2D eigenvalue weighted by Gasteiger charge is -2.11. The maximum Gasteiger partial charge on any atom is 0.258 e. The van der Waals surface area contributed by atoms with Crippen molar-refractivity contribution < 1.29 is 9.21 Å². The highest BCUT2D eigenvalue weighted by atomic mass is 35.5. The van der Waals surface area contributed by atoms with Gasteiger partial charge >= 0.3 is 0 Å². The number of benzene rings is 4. The van der Waals surface area contributed by atoms with Crippen molar-refractivity contribution >= 4 is 74.0 Å². The van der Waals surface area contributed by atoms with Crippen LogP contribution in [0.1, 0.15) is 15.9 Å². The van der Waals surface area contributed by atoms with Crippen molar-refractivity contribution in [3.05, 3.63) is 94.0 Å². The maximum atomic E-state index is 12.9. The molecule has 8 heteroatoms. The summed E-state index contributed by atoms with van der Waals surface area (Å²) in [5.41, 5.74) is 4.20. The van der Waals surface area contributed by atoms with E-state index in [0.717, 1.165) is 21.9 Å². The molecule has 0 aliphatic carbocycles. The van der Waals surface area contributed by atoms with Crippen LogP contribution in [0.25, 0.3) is 33.3 Å². The van der Waals surface area contributed by atoms with Crippen LogP contribution in [-0.4, -0.2) is 16.0 Å². The highest BCUT2D eigenvalue weighted by Crippen LogP contribution is 2.29. The molecule has 2 N–H and O–H groups in total. The van der Waals surface area contributed by atoms with Crippen LogP contribution < -0.4 is 10.6 Å². The number of aryl methyl sites for hydroxylation is 1. The van der Waals surface area contributed by atoms with E-state index < -0.39 is 0 Å². The summed E-state index contributed by atoms with van der Waals surface area (Å²) in [5.74, 6) is 0.144. The lowest BCUT2D eigenvalue weighted by molar-refractivity contribution is 0.0979. The van der Waals surface area contributed by atoms with Crippen molar-refractivity contribution in [1.29, 1.82) is 0 Å². The summed E-state index contributed by atoms with van der Waals surface area (Å²) in [4.78, 5) is 17.4. The number of hydrogen-bond donors (Lipinski definition) is 2. The van der Waals surface area contributed by atoms with Crippen LogP contribution in [-0.2, 0) is 0 Å². The van der Waals surface area contributed by atoms with Crippen LogP contribution >= 0.6 is 35.4 Å². The number of oxazole rings is 1. The van der Waals surface area contributed by atoms with Gasteiger partial charge < -0.3 is 9.73 Å². The number of anilines is 1. The highest BCUT2D eigenvalue weighted by Gasteiger charge is 2.14. The SMILES string of the molecule is Cc1ccc(-c2nc3cc(NC(=S)NC(=O)c4cccc5c(Cl)cccc45)ccc3o2)cc1Cl. The van der Waals surface area contributed by atoms with Crippen LogP contribution in [0.2, 0.25) is 10.0 Å². The molecule has 168 valence electrons. The first-order valence-electron chi connectivity index (χ1n) is 10.4. The average molecular weight is 506 g/mol. The third-order valence-corrected chi connectivity index (χ3v) is 6.35. The zero-order valence-electron chi connectivity index (χ0n) is 17.9. The van der Waals surface area contributed by atoms with Gasteiger partial charge in [-0.15, -0.1) is 0 Å². The quantitative estimate of drug-likeness (QED) is 0.250. The number of amides is 1. The largest absolute Gasteiger partial charge is 0.436 e. The number of nitrogens with one attached hydrogen (secondary N) is 2. The minimum atomic E-state index is -0.327. The fraction of sp³-hybridized carbons (Fsp3) is 0.0385. The predicted octanol–water partition coefficient (Wildman–Crippen LogP) is 7.39. The Hall–Kier alpha value is -3.45. The molecule has 0 bridgehead atoms. The van der Waals surface area contributed by atoms with Gasteiger partial charge in [0.2, 0.25) is 5.89 Å². The number of hydrogen-bond acceptors (Lipinski definition) is 4. The Kier molecular flexibility index (Phi) is 5.96. The predicted molar refractivity (Wildman–Crippen MR) is 142 cm³/mol. The van der Waals surface area contributed by atoms with E-state index in [1.807, 2.05) is 43.3 Å². The second-order valence-electron chi connectivity index (χ2n) is 7.71. The highest BCUT2D eigenvalue weighted by molar-refractivity contribution is 7.80. The minimum Gasteiger partial charge on any atom is -0.436 e. The molecule has 0 fully saturated rings. The van der Waals surface area contributed by atoms with Gasteiger partial charge in [0.05, 0.1) is 0 Å². The Balaban J connectivity index is 1.34. The standard InChI is InChI=1S/C26H17Cl2N3O2S/c1-14-8-9-15(12-21(14)28)25-30-22-13-16(10-11-23(22)33-25)29-26(34)31-24(32)19-6-2-5-18-17(19)4-3-7-20(18)27/h2-13H,1H3,(H2,29,31,32,34). The van der Waals surface area contributed by atoms with Gasteiger partial charge in [-0.25, -0.2) is 4.98 Å². The first kappa shape index (κ1) is 22.3. The fourth-order valence-electron chi connectivity index (χ4n) is 3.66. The van der Waals surface area contributed by atoms with Gasteiger partial charge in [0.25, 0.3) is 5.91 Å². The summed E-state index contributed by atoms with van der Waals surface area (Å²) in [6, 6.07) is 21.9. The second kappa shape index (κ2) is 9.06. The molecule has 0 spiro atoms. The van der Waals surface area contributed by atoms with Crippen molar-refractivity contribution in [3.8, 4) is 11.5 Å². The molecule has 5 nitrogen and oxygen atoms in total. The molecule has 0 saturated heterocycles. The van der Waals surface area contributed by atoms with Crippen molar-refractivity contribution in [3.63, 3.8) is 0 Å². The molecule has 0 aliphatic heterocycles. The second-order valence-corrected chi connectivity index (χ2v) is 8.94. The molecule has 34 heavy (non-hydrogen) atoms. The van der Waals surface area contributed by atoms with E-state index >= 15 is 0 Å².